The van der Waals surface area contributed by atoms with Crippen LogP contribution in [0.4, 0.5) is 0 Å². The monoisotopic (exact) mass is 170 g/mol. The molecule has 1 aromatic heterocycles. The second-order valence-electron chi connectivity index (χ2n) is 2.89. The van der Waals surface area contributed by atoms with Crippen LogP contribution in [0.15, 0.2) is 12.4 Å². The lowest BCUT2D eigenvalue weighted by molar-refractivity contribution is 0.749. The molecule has 2 nitrogen and oxygen atoms in total. The Morgan fingerprint density at radius 3 is 2.82 bits per heavy atom. The predicted octanol–water partition coefficient (Wildman–Crippen LogP) is 2.33. The van der Waals surface area contributed by atoms with E-state index in [0.717, 1.165) is 5.88 Å². The molecular formula is C8H14N2S. The third kappa shape index (κ3) is 2.26. The highest BCUT2D eigenvalue weighted by molar-refractivity contribution is 7.97. The molecule has 0 N–H and O–H groups in total. The van der Waals surface area contributed by atoms with Gasteiger partial charge in [-0.1, -0.05) is 13.8 Å². The molecule has 0 aliphatic carbocycles. The molecule has 0 aromatic carbocycles. The Morgan fingerprint density at radius 1 is 1.64 bits per heavy atom. The maximum absolute atomic E-state index is 4.22. The van der Waals surface area contributed by atoms with E-state index in [1.165, 1.54) is 5.56 Å². The van der Waals surface area contributed by atoms with Crippen LogP contribution in [-0.2, 0) is 5.88 Å². The van der Waals surface area contributed by atoms with Crippen molar-refractivity contribution >= 4 is 11.8 Å². The van der Waals surface area contributed by atoms with Gasteiger partial charge >= 0.3 is 0 Å². The second-order valence-corrected chi connectivity index (χ2v) is 3.72. The fourth-order valence-corrected chi connectivity index (χ4v) is 1.29. The Hall–Kier alpha value is -0.440. The molecule has 0 fully saturated rings. The standard InChI is InChI=1S/C8H14N2S/c1-7(2)8-4-9-10(5-8)6-11-3/h4-5,7H,6H2,1-3H3. The van der Waals surface area contributed by atoms with E-state index in [4.69, 9.17) is 0 Å². The maximum atomic E-state index is 4.22. The van der Waals surface area contributed by atoms with Gasteiger partial charge in [0.15, 0.2) is 0 Å². The molecule has 11 heavy (non-hydrogen) atoms. The molecule has 0 atom stereocenters. The van der Waals surface area contributed by atoms with Crippen LogP contribution in [0.5, 0.6) is 0 Å². The molecule has 0 unspecified atom stereocenters. The molecule has 0 aliphatic rings. The molecule has 0 spiro atoms. The van der Waals surface area contributed by atoms with Crippen LogP contribution in [0.3, 0.4) is 0 Å². The first-order valence-corrected chi connectivity index (χ1v) is 5.14. The van der Waals surface area contributed by atoms with Crippen molar-refractivity contribution in [3.05, 3.63) is 18.0 Å². The zero-order valence-corrected chi connectivity index (χ0v) is 8.06. The first-order chi connectivity index (χ1) is 5.24. The normalized spacial score (nSPS) is 10.9. The van der Waals surface area contributed by atoms with E-state index in [1.807, 2.05) is 10.9 Å². The Kier molecular flexibility index (Phi) is 3.00. The van der Waals surface area contributed by atoms with Crippen molar-refractivity contribution in [2.75, 3.05) is 6.26 Å². The Morgan fingerprint density at radius 2 is 2.36 bits per heavy atom. The second kappa shape index (κ2) is 3.81. The lowest BCUT2D eigenvalue weighted by Crippen LogP contribution is -1.92. The average molecular weight is 170 g/mol. The van der Waals surface area contributed by atoms with Crippen molar-refractivity contribution in [1.82, 2.24) is 9.78 Å². The lowest BCUT2D eigenvalue weighted by atomic mass is 10.1. The van der Waals surface area contributed by atoms with Gasteiger partial charge in [-0.15, -0.1) is 11.8 Å². The first kappa shape index (κ1) is 8.65. The molecule has 0 saturated carbocycles. The van der Waals surface area contributed by atoms with Crippen molar-refractivity contribution in [2.45, 2.75) is 25.6 Å². The smallest absolute Gasteiger partial charge is 0.0860 e. The minimum Gasteiger partial charge on any atom is -0.262 e. The fraction of sp³-hybridized carbons (Fsp3) is 0.625. The van der Waals surface area contributed by atoms with Crippen LogP contribution < -0.4 is 0 Å². The highest BCUT2D eigenvalue weighted by Gasteiger charge is 2.00. The van der Waals surface area contributed by atoms with Crippen LogP contribution in [0.2, 0.25) is 0 Å². The molecule has 0 amide bonds. The van der Waals surface area contributed by atoms with Gasteiger partial charge < -0.3 is 0 Å². The zero-order valence-electron chi connectivity index (χ0n) is 7.24. The van der Waals surface area contributed by atoms with Crippen LogP contribution >= 0.6 is 11.8 Å². The third-order valence-corrected chi connectivity index (χ3v) is 2.10. The number of hydrogen-bond donors (Lipinski definition) is 0. The lowest BCUT2D eigenvalue weighted by Gasteiger charge is -1.97. The van der Waals surface area contributed by atoms with Gasteiger partial charge in [0.25, 0.3) is 0 Å². The summed E-state index contributed by atoms with van der Waals surface area (Å²) >= 11 is 1.78. The summed E-state index contributed by atoms with van der Waals surface area (Å²) in [4.78, 5) is 0. The summed E-state index contributed by atoms with van der Waals surface area (Å²) < 4.78 is 1.97. The molecule has 1 aromatic rings. The number of thioether (sulfide) groups is 1. The number of nitrogens with zero attached hydrogens (tertiary/aromatic N) is 2. The summed E-state index contributed by atoms with van der Waals surface area (Å²) in [5.74, 6) is 1.54. The molecule has 1 rings (SSSR count). The minimum absolute atomic E-state index is 0.589. The SMILES string of the molecule is CSCn1cc(C(C)C)cn1. The molecule has 3 heteroatoms. The van der Waals surface area contributed by atoms with E-state index in [-0.39, 0.29) is 0 Å². The number of hydrogen-bond acceptors (Lipinski definition) is 2. The largest absolute Gasteiger partial charge is 0.262 e. The average Bonchev–Trinajstić information content (AvgIpc) is 2.37. The van der Waals surface area contributed by atoms with Gasteiger partial charge in [-0.3, -0.25) is 4.68 Å². The highest BCUT2D eigenvalue weighted by Crippen LogP contribution is 2.12. The summed E-state index contributed by atoms with van der Waals surface area (Å²) in [6, 6.07) is 0. The first-order valence-electron chi connectivity index (χ1n) is 3.75. The van der Waals surface area contributed by atoms with Crippen LogP contribution in [-0.4, -0.2) is 16.0 Å². The van der Waals surface area contributed by atoms with Gasteiger partial charge in [-0.05, 0) is 17.7 Å². The Labute approximate surface area is 72.0 Å². The van der Waals surface area contributed by atoms with Crippen molar-refractivity contribution < 1.29 is 0 Å². The Bertz CT molecular complexity index is 218. The van der Waals surface area contributed by atoms with E-state index >= 15 is 0 Å². The topological polar surface area (TPSA) is 17.8 Å². The maximum Gasteiger partial charge on any atom is 0.0860 e. The molecule has 62 valence electrons. The van der Waals surface area contributed by atoms with Gasteiger partial charge in [0, 0.05) is 6.20 Å². The zero-order chi connectivity index (χ0) is 8.27. The minimum atomic E-state index is 0.589. The predicted molar refractivity (Wildman–Crippen MR) is 49.8 cm³/mol. The molecular weight excluding hydrogens is 156 g/mol. The van der Waals surface area contributed by atoms with E-state index < -0.39 is 0 Å². The quantitative estimate of drug-likeness (QED) is 0.693. The molecule has 0 aliphatic heterocycles. The summed E-state index contributed by atoms with van der Waals surface area (Å²) in [5, 5.41) is 4.22. The fourth-order valence-electron chi connectivity index (χ4n) is 0.881. The summed E-state index contributed by atoms with van der Waals surface area (Å²) in [7, 11) is 0. The molecule has 0 radical (unpaired) electrons. The Balaban J connectivity index is 2.66. The van der Waals surface area contributed by atoms with Crippen LogP contribution in [0.1, 0.15) is 25.3 Å². The van der Waals surface area contributed by atoms with Crippen molar-refractivity contribution in [3.8, 4) is 0 Å². The molecule has 0 bridgehead atoms. The van der Waals surface area contributed by atoms with Gasteiger partial charge in [0.1, 0.15) is 0 Å². The van der Waals surface area contributed by atoms with E-state index in [1.54, 1.807) is 11.8 Å². The molecule has 1 heterocycles. The van der Waals surface area contributed by atoms with Gasteiger partial charge in [-0.2, -0.15) is 5.10 Å². The summed E-state index contributed by atoms with van der Waals surface area (Å²) in [6.07, 6.45) is 6.14. The third-order valence-electron chi connectivity index (χ3n) is 1.58. The van der Waals surface area contributed by atoms with E-state index in [0.29, 0.717) is 5.92 Å². The van der Waals surface area contributed by atoms with Crippen LogP contribution in [0, 0.1) is 0 Å². The van der Waals surface area contributed by atoms with Crippen molar-refractivity contribution in [1.29, 1.82) is 0 Å². The number of rotatable bonds is 3. The highest BCUT2D eigenvalue weighted by atomic mass is 32.2. The molecule has 0 saturated heterocycles. The van der Waals surface area contributed by atoms with Crippen LogP contribution in [0.25, 0.3) is 0 Å². The van der Waals surface area contributed by atoms with Gasteiger partial charge in [0.05, 0.1) is 12.1 Å². The number of aromatic nitrogens is 2. The van der Waals surface area contributed by atoms with E-state index in [9.17, 15) is 0 Å². The summed E-state index contributed by atoms with van der Waals surface area (Å²) in [5.41, 5.74) is 1.32. The van der Waals surface area contributed by atoms with Gasteiger partial charge in [0.2, 0.25) is 0 Å². The van der Waals surface area contributed by atoms with Gasteiger partial charge in [-0.25, -0.2) is 0 Å². The summed E-state index contributed by atoms with van der Waals surface area (Å²) in [6.45, 7) is 4.36. The van der Waals surface area contributed by atoms with Crippen molar-refractivity contribution in [2.24, 2.45) is 0 Å². The van der Waals surface area contributed by atoms with E-state index in [2.05, 4.69) is 31.4 Å². The van der Waals surface area contributed by atoms with Crippen molar-refractivity contribution in [3.63, 3.8) is 0 Å².